The van der Waals surface area contributed by atoms with E-state index in [1.807, 2.05) is 27.7 Å². The van der Waals surface area contributed by atoms with Crippen LogP contribution in [-0.4, -0.2) is 55.2 Å². The highest BCUT2D eigenvalue weighted by Crippen LogP contribution is 2.40. The average Bonchev–Trinajstić information content (AvgIpc) is 3.04. The van der Waals surface area contributed by atoms with Gasteiger partial charge in [-0.25, -0.2) is 0 Å². The third-order valence-electron chi connectivity index (χ3n) is 5.75. The van der Waals surface area contributed by atoms with Crippen LogP contribution in [0.4, 0.5) is 0 Å². The SMILES string of the molecule is COc1ccc(C2/C(=C(\O)c3cc(C)c(OC)cc3C)C(=O)C(=O)N2CCOC(C)C)cc1. The first-order chi connectivity index (χ1) is 15.7. The van der Waals surface area contributed by atoms with Crippen LogP contribution in [0.1, 0.15) is 42.1 Å². The number of Topliss-reactive ketones (excluding diaryl/α,β-unsaturated/α-hetero) is 1. The molecular formula is C26H31NO6. The quantitative estimate of drug-likeness (QED) is 0.367. The van der Waals surface area contributed by atoms with Gasteiger partial charge in [-0.1, -0.05) is 12.1 Å². The molecule has 176 valence electrons. The molecule has 1 aliphatic rings. The predicted molar refractivity (Wildman–Crippen MR) is 126 cm³/mol. The zero-order valence-electron chi connectivity index (χ0n) is 20.0. The molecule has 0 aromatic heterocycles. The Labute approximate surface area is 194 Å². The highest BCUT2D eigenvalue weighted by atomic mass is 16.5. The molecule has 0 aliphatic carbocycles. The van der Waals surface area contributed by atoms with Crippen LogP contribution >= 0.6 is 0 Å². The maximum atomic E-state index is 13.2. The molecule has 0 saturated carbocycles. The minimum atomic E-state index is -0.742. The van der Waals surface area contributed by atoms with Crippen molar-refractivity contribution in [3.63, 3.8) is 0 Å². The maximum Gasteiger partial charge on any atom is 0.295 e. The summed E-state index contributed by atoms with van der Waals surface area (Å²) in [6, 6.07) is 9.96. The van der Waals surface area contributed by atoms with Crippen molar-refractivity contribution >= 4 is 17.4 Å². The highest BCUT2D eigenvalue weighted by Gasteiger charge is 2.46. The van der Waals surface area contributed by atoms with Gasteiger partial charge in [-0.15, -0.1) is 0 Å². The normalized spacial score (nSPS) is 17.7. The third-order valence-corrected chi connectivity index (χ3v) is 5.75. The minimum absolute atomic E-state index is 0.00816. The van der Waals surface area contributed by atoms with Gasteiger partial charge in [0.25, 0.3) is 11.7 Å². The summed E-state index contributed by atoms with van der Waals surface area (Å²) in [6.07, 6.45) is -0.00816. The Hall–Kier alpha value is -3.32. The lowest BCUT2D eigenvalue weighted by atomic mass is 9.93. The van der Waals surface area contributed by atoms with Crippen LogP contribution in [0.2, 0.25) is 0 Å². The van der Waals surface area contributed by atoms with Gasteiger partial charge in [0, 0.05) is 12.1 Å². The Bertz CT molecular complexity index is 1070. The van der Waals surface area contributed by atoms with Crippen molar-refractivity contribution in [3.8, 4) is 11.5 Å². The van der Waals surface area contributed by atoms with Gasteiger partial charge in [-0.05, 0) is 68.7 Å². The number of benzene rings is 2. The number of amides is 1. The Morgan fingerprint density at radius 1 is 1.03 bits per heavy atom. The summed E-state index contributed by atoms with van der Waals surface area (Å²) in [5.74, 6) is -0.245. The molecule has 1 fully saturated rings. The first-order valence-corrected chi connectivity index (χ1v) is 10.9. The van der Waals surface area contributed by atoms with Crippen molar-refractivity contribution in [2.75, 3.05) is 27.4 Å². The predicted octanol–water partition coefficient (Wildman–Crippen LogP) is 4.17. The number of carbonyl (C=O) groups excluding carboxylic acids is 2. The van der Waals surface area contributed by atoms with Crippen LogP contribution in [0.25, 0.3) is 5.76 Å². The van der Waals surface area contributed by atoms with E-state index >= 15 is 0 Å². The number of nitrogens with zero attached hydrogens (tertiary/aromatic N) is 1. The van der Waals surface area contributed by atoms with E-state index in [9.17, 15) is 14.7 Å². The second-order valence-corrected chi connectivity index (χ2v) is 8.32. The molecule has 33 heavy (non-hydrogen) atoms. The number of ether oxygens (including phenoxy) is 3. The van der Waals surface area contributed by atoms with Gasteiger partial charge in [0.1, 0.15) is 17.3 Å². The van der Waals surface area contributed by atoms with E-state index in [-0.39, 0.29) is 30.6 Å². The number of rotatable bonds is 8. The lowest BCUT2D eigenvalue weighted by Gasteiger charge is -2.26. The summed E-state index contributed by atoms with van der Waals surface area (Å²) in [5.41, 5.74) is 2.79. The molecule has 1 amide bonds. The molecule has 2 aromatic rings. The van der Waals surface area contributed by atoms with Gasteiger partial charge in [0.2, 0.25) is 0 Å². The molecule has 1 unspecified atom stereocenters. The summed E-state index contributed by atoms with van der Waals surface area (Å²) in [5, 5.41) is 11.3. The fraction of sp³-hybridized carbons (Fsp3) is 0.385. The van der Waals surface area contributed by atoms with Crippen molar-refractivity contribution in [1.29, 1.82) is 0 Å². The number of methoxy groups -OCH3 is 2. The molecule has 0 spiro atoms. The summed E-state index contributed by atoms with van der Waals surface area (Å²) >= 11 is 0. The molecule has 3 rings (SSSR count). The van der Waals surface area contributed by atoms with Crippen LogP contribution < -0.4 is 9.47 Å². The molecule has 1 heterocycles. The number of hydrogen-bond acceptors (Lipinski definition) is 6. The zero-order chi connectivity index (χ0) is 24.3. The Balaban J connectivity index is 2.14. The summed E-state index contributed by atoms with van der Waals surface area (Å²) in [6.45, 7) is 7.99. The third kappa shape index (κ3) is 4.88. The first-order valence-electron chi connectivity index (χ1n) is 10.9. The Kier molecular flexibility index (Phi) is 7.43. The van der Waals surface area contributed by atoms with Crippen LogP contribution in [0, 0.1) is 13.8 Å². The molecular weight excluding hydrogens is 422 g/mol. The van der Waals surface area contributed by atoms with E-state index < -0.39 is 17.7 Å². The van der Waals surface area contributed by atoms with Gasteiger partial charge in [0.05, 0.1) is 38.5 Å². The minimum Gasteiger partial charge on any atom is -0.507 e. The molecule has 0 radical (unpaired) electrons. The fourth-order valence-electron chi connectivity index (χ4n) is 4.04. The second kappa shape index (κ2) is 10.1. The number of likely N-dealkylation sites (tertiary alicyclic amines) is 1. The molecule has 1 aliphatic heterocycles. The van der Waals surface area contributed by atoms with E-state index in [2.05, 4.69) is 0 Å². The molecule has 2 aromatic carbocycles. The summed E-state index contributed by atoms with van der Waals surface area (Å²) in [7, 11) is 3.15. The fourth-order valence-corrected chi connectivity index (χ4v) is 4.04. The van der Waals surface area contributed by atoms with Gasteiger partial charge in [-0.3, -0.25) is 9.59 Å². The second-order valence-electron chi connectivity index (χ2n) is 8.32. The van der Waals surface area contributed by atoms with Crippen molar-refractivity contribution in [3.05, 3.63) is 64.2 Å². The zero-order valence-corrected chi connectivity index (χ0v) is 20.0. The molecule has 1 N–H and O–H groups in total. The topological polar surface area (TPSA) is 85.3 Å². The highest BCUT2D eigenvalue weighted by molar-refractivity contribution is 6.46. The first kappa shape index (κ1) is 24.3. The van der Waals surface area contributed by atoms with E-state index in [0.29, 0.717) is 22.6 Å². The number of carbonyl (C=O) groups is 2. The number of aryl methyl sites for hydroxylation is 2. The van der Waals surface area contributed by atoms with Gasteiger partial charge >= 0.3 is 0 Å². The number of hydrogen-bond donors (Lipinski definition) is 1. The Morgan fingerprint density at radius 2 is 1.70 bits per heavy atom. The lowest BCUT2D eigenvalue weighted by molar-refractivity contribution is -0.140. The average molecular weight is 454 g/mol. The number of aliphatic hydroxyl groups excluding tert-OH is 1. The van der Waals surface area contributed by atoms with Crippen LogP contribution in [0.5, 0.6) is 11.5 Å². The summed E-state index contributed by atoms with van der Waals surface area (Å²) < 4.78 is 16.2. The Morgan fingerprint density at radius 3 is 2.27 bits per heavy atom. The van der Waals surface area contributed by atoms with E-state index in [0.717, 1.165) is 11.1 Å². The van der Waals surface area contributed by atoms with Crippen LogP contribution in [0.15, 0.2) is 42.0 Å². The number of aliphatic hydroxyl groups is 1. The monoisotopic (exact) mass is 453 g/mol. The van der Waals surface area contributed by atoms with Gasteiger partial charge in [0.15, 0.2) is 0 Å². The number of ketones is 1. The van der Waals surface area contributed by atoms with Crippen LogP contribution in [-0.2, 0) is 14.3 Å². The smallest absolute Gasteiger partial charge is 0.295 e. The van der Waals surface area contributed by atoms with Gasteiger partial charge in [-0.2, -0.15) is 0 Å². The van der Waals surface area contributed by atoms with Gasteiger partial charge < -0.3 is 24.2 Å². The van der Waals surface area contributed by atoms with Crippen molar-refractivity contribution < 1.29 is 28.9 Å². The van der Waals surface area contributed by atoms with Crippen molar-refractivity contribution in [1.82, 2.24) is 4.90 Å². The van der Waals surface area contributed by atoms with Crippen molar-refractivity contribution in [2.24, 2.45) is 0 Å². The molecule has 0 bridgehead atoms. The molecule has 1 saturated heterocycles. The lowest BCUT2D eigenvalue weighted by Crippen LogP contribution is -2.33. The standard InChI is InChI=1S/C26H31NO6/c1-15(2)33-12-11-27-23(18-7-9-19(31-5)10-8-18)22(25(29)26(27)30)24(28)20-13-17(4)21(32-6)14-16(20)3/h7-10,13-15,23,28H,11-12H2,1-6H3/b24-22+. The van der Waals surface area contributed by atoms with E-state index in [4.69, 9.17) is 14.2 Å². The van der Waals surface area contributed by atoms with E-state index in [1.54, 1.807) is 50.6 Å². The van der Waals surface area contributed by atoms with Crippen molar-refractivity contribution in [2.45, 2.75) is 39.8 Å². The molecule has 7 heteroatoms. The molecule has 7 nitrogen and oxygen atoms in total. The summed E-state index contributed by atoms with van der Waals surface area (Å²) in [4.78, 5) is 27.6. The molecule has 1 atom stereocenters. The van der Waals surface area contributed by atoms with Crippen LogP contribution in [0.3, 0.4) is 0 Å². The maximum absolute atomic E-state index is 13.2. The largest absolute Gasteiger partial charge is 0.507 e. The van der Waals surface area contributed by atoms with E-state index in [1.165, 1.54) is 4.90 Å².